The molecule has 5 rings (SSSR count). The molecule has 0 aliphatic heterocycles. The number of anilines is 1. The molecule has 0 radical (unpaired) electrons. The van der Waals surface area contributed by atoms with Crippen molar-refractivity contribution >= 4 is 27.5 Å². The van der Waals surface area contributed by atoms with Crippen molar-refractivity contribution in [3.63, 3.8) is 0 Å². The largest absolute Gasteiger partial charge is 0.497 e. The summed E-state index contributed by atoms with van der Waals surface area (Å²) in [5, 5.41) is 2.95. The van der Waals surface area contributed by atoms with Crippen LogP contribution in [0.25, 0.3) is 0 Å². The van der Waals surface area contributed by atoms with Crippen LogP contribution in [0.3, 0.4) is 0 Å². The van der Waals surface area contributed by atoms with Gasteiger partial charge in [0.25, 0.3) is 15.9 Å². The molecule has 246 valence electrons. The predicted molar refractivity (Wildman–Crippen MR) is 178 cm³/mol. The Labute approximate surface area is 278 Å². The number of nitrogens with one attached hydrogen (secondary N) is 2. The standard InChI is InChI=1S/C36H33FN4O6S/c1-46-31-13-7-27(8-14-31)24-41(35(28-5-3-2-4-6-28)36(43)39-23-26-19-21-38-22-20-26)34(42)25-47-32-15-17-33(18-16-32)48(44,45)40-30-11-9-29(37)10-12-30/h2-22,35,40H,23-25H2,1H3,(H,39,43)/t35-/m0/s1. The zero-order valence-electron chi connectivity index (χ0n) is 26.0. The van der Waals surface area contributed by atoms with Crippen LogP contribution in [0.15, 0.2) is 133 Å². The van der Waals surface area contributed by atoms with Gasteiger partial charge in [0.15, 0.2) is 6.61 Å². The summed E-state index contributed by atoms with van der Waals surface area (Å²) in [7, 11) is -2.40. The van der Waals surface area contributed by atoms with Crippen LogP contribution in [0.1, 0.15) is 22.7 Å². The second kappa shape index (κ2) is 15.7. The summed E-state index contributed by atoms with van der Waals surface area (Å²) < 4.78 is 52.4. The number of sulfonamides is 1. The first-order chi connectivity index (χ1) is 23.2. The lowest BCUT2D eigenvalue weighted by Gasteiger charge is -2.31. The van der Waals surface area contributed by atoms with E-state index >= 15 is 0 Å². The van der Waals surface area contributed by atoms with Gasteiger partial charge < -0.3 is 19.7 Å². The van der Waals surface area contributed by atoms with Crippen molar-refractivity contribution in [1.29, 1.82) is 0 Å². The van der Waals surface area contributed by atoms with Crippen LogP contribution in [-0.2, 0) is 32.7 Å². The smallest absolute Gasteiger partial charge is 0.261 e. The molecular weight excluding hydrogens is 635 g/mol. The van der Waals surface area contributed by atoms with Gasteiger partial charge in [-0.25, -0.2) is 12.8 Å². The third-order valence-electron chi connectivity index (χ3n) is 7.32. The normalized spacial score (nSPS) is 11.6. The van der Waals surface area contributed by atoms with Crippen LogP contribution in [0.5, 0.6) is 11.5 Å². The van der Waals surface area contributed by atoms with Gasteiger partial charge in [0, 0.05) is 31.2 Å². The van der Waals surface area contributed by atoms with Crippen molar-refractivity contribution in [2.45, 2.75) is 24.0 Å². The van der Waals surface area contributed by atoms with Crippen molar-refractivity contribution in [1.82, 2.24) is 15.2 Å². The Balaban J connectivity index is 1.36. The first kappa shape index (κ1) is 33.6. The predicted octanol–water partition coefficient (Wildman–Crippen LogP) is 5.50. The fourth-order valence-corrected chi connectivity index (χ4v) is 5.88. The van der Waals surface area contributed by atoms with Crippen LogP contribution in [0.2, 0.25) is 0 Å². The lowest BCUT2D eigenvalue weighted by molar-refractivity contribution is -0.143. The molecule has 12 heteroatoms. The first-order valence-corrected chi connectivity index (χ1v) is 16.4. The summed E-state index contributed by atoms with van der Waals surface area (Å²) in [6.45, 7) is -0.116. The number of benzene rings is 4. The molecule has 0 aliphatic rings. The highest BCUT2D eigenvalue weighted by atomic mass is 32.2. The second-order valence-corrected chi connectivity index (χ2v) is 12.3. The number of hydrogen-bond acceptors (Lipinski definition) is 7. The molecule has 0 bridgehead atoms. The van der Waals surface area contributed by atoms with E-state index in [1.165, 1.54) is 41.3 Å². The number of carbonyl (C=O) groups excluding carboxylic acids is 2. The van der Waals surface area contributed by atoms with E-state index in [9.17, 15) is 22.4 Å². The first-order valence-electron chi connectivity index (χ1n) is 14.9. The minimum absolute atomic E-state index is 0.0540. The lowest BCUT2D eigenvalue weighted by atomic mass is 10.0. The van der Waals surface area contributed by atoms with Crippen LogP contribution in [-0.4, -0.2) is 43.8 Å². The summed E-state index contributed by atoms with van der Waals surface area (Å²) in [4.78, 5) is 33.2. The van der Waals surface area contributed by atoms with Crippen molar-refractivity contribution < 1.29 is 31.9 Å². The van der Waals surface area contributed by atoms with E-state index in [0.717, 1.165) is 23.3 Å². The molecule has 0 spiro atoms. The molecule has 0 aliphatic carbocycles. The number of halogens is 1. The molecule has 48 heavy (non-hydrogen) atoms. The number of pyridine rings is 1. The summed E-state index contributed by atoms with van der Waals surface area (Å²) in [5.41, 5.74) is 2.42. The third-order valence-corrected chi connectivity index (χ3v) is 8.71. The lowest BCUT2D eigenvalue weighted by Crippen LogP contribution is -2.45. The molecule has 4 aromatic carbocycles. The maximum absolute atomic E-state index is 13.9. The summed E-state index contributed by atoms with van der Waals surface area (Å²) >= 11 is 0. The Morgan fingerprint density at radius 1 is 0.812 bits per heavy atom. The van der Waals surface area contributed by atoms with Gasteiger partial charge in [-0.1, -0.05) is 42.5 Å². The van der Waals surface area contributed by atoms with Crippen molar-refractivity contribution in [2.24, 2.45) is 0 Å². The molecule has 0 saturated heterocycles. The second-order valence-electron chi connectivity index (χ2n) is 10.6. The zero-order chi connectivity index (χ0) is 33.9. The van der Waals surface area contributed by atoms with Gasteiger partial charge in [0.2, 0.25) is 5.91 Å². The van der Waals surface area contributed by atoms with Gasteiger partial charge in [-0.05, 0) is 89.5 Å². The highest BCUT2D eigenvalue weighted by Gasteiger charge is 2.32. The summed E-state index contributed by atoms with van der Waals surface area (Å²) in [6, 6.07) is 29.2. The number of nitrogens with zero attached hydrogens (tertiary/aromatic N) is 2. The van der Waals surface area contributed by atoms with Gasteiger partial charge in [-0.15, -0.1) is 0 Å². The highest BCUT2D eigenvalue weighted by molar-refractivity contribution is 7.92. The maximum Gasteiger partial charge on any atom is 0.261 e. The summed E-state index contributed by atoms with van der Waals surface area (Å²) in [5.74, 6) is -0.464. The molecule has 1 atom stereocenters. The van der Waals surface area contributed by atoms with E-state index in [-0.39, 0.29) is 35.3 Å². The van der Waals surface area contributed by atoms with E-state index in [2.05, 4.69) is 15.0 Å². The molecule has 1 aromatic heterocycles. The van der Waals surface area contributed by atoms with E-state index in [1.54, 1.807) is 68.0 Å². The van der Waals surface area contributed by atoms with Gasteiger partial charge in [-0.2, -0.15) is 0 Å². The van der Waals surface area contributed by atoms with Crippen LogP contribution >= 0.6 is 0 Å². The van der Waals surface area contributed by atoms with Crippen molar-refractivity contribution in [3.8, 4) is 11.5 Å². The molecule has 2 N–H and O–H groups in total. The number of hydrogen-bond donors (Lipinski definition) is 2. The SMILES string of the molecule is COc1ccc(CN(C(=O)COc2ccc(S(=O)(=O)Nc3ccc(F)cc3)cc2)[C@H](C(=O)NCc2ccncc2)c2ccccc2)cc1. The molecule has 5 aromatic rings. The molecule has 0 unspecified atom stereocenters. The fraction of sp³-hybridized carbons (Fsp3) is 0.139. The third kappa shape index (κ3) is 8.95. The Morgan fingerprint density at radius 2 is 1.46 bits per heavy atom. The van der Waals surface area contributed by atoms with E-state index < -0.39 is 34.4 Å². The minimum atomic E-state index is -3.96. The Kier molecular flexibility index (Phi) is 11.0. The molecule has 10 nitrogen and oxygen atoms in total. The highest BCUT2D eigenvalue weighted by Crippen LogP contribution is 2.26. The van der Waals surface area contributed by atoms with Crippen molar-refractivity contribution in [3.05, 3.63) is 150 Å². The quantitative estimate of drug-likeness (QED) is 0.160. The number of methoxy groups -OCH3 is 1. The van der Waals surface area contributed by atoms with Gasteiger partial charge in [0.1, 0.15) is 23.4 Å². The van der Waals surface area contributed by atoms with Gasteiger partial charge in [-0.3, -0.25) is 19.3 Å². The van der Waals surface area contributed by atoms with E-state index in [1.807, 2.05) is 18.2 Å². The molecule has 0 fully saturated rings. The maximum atomic E-state index is 13.9. The average Bonchev–Trinajstić information content (AvgIpc) is 3.11. The number of amides is 2. The number of aromatic nitrogens is 1. The van der Waals surface area contributed by atoms with Gasteiger partial charge >= 0.3 is 0 Å². The van der Waals surface area contributed by atoms with Crippen LogP contribution in [0, 0.1) is 5.82 Å². The average molecular weight is 669 g/mol. The van der Waals surface area contributed by atoms with Crippen LogP contribution < -0.4 is 19.5 Å². The Hall–Kier alpha value is -5.75. The summed E-state index contributed by atoms with van der Waals surface area (Å²) in [6.07, 6.45) is 3.27. The zero-order valence-corrected chi connectivity index (χ0v) is 26.8. The minimum Gasteiger partial charge on any atom is -0.497 e. The van der Waals surface area contributed by atoms with Crippen LogP contribution in [0.4, 0.5) is 10.1 Å². The number of ether oxygens (including phenoxy) is 2. The number of rotatable bonds is 14. The van der Waals surface area contributed by atoms with E-state index in [0.29, 0.717) is 11.3 Å². The monoisotopic (exact) mass is 668 g/mol. The Morgan fingerprint density at radius 3 is 2.10 bits per heavy atom. The topological polar surface area (TPSA) is 127 Å². The van der Waals surface area contributed by atoms with Crippen molar-refractivity contribution in [2.75, 3.05) is 18.4 Å². The van der Waals surface area contributed by atoms with E-state index in [4.69, 9.17) is 9.47 Å². The number of carbonyl (C=O) groups is 2. The van der Waals surface area contributed by atoms with Gasteiger partial charge in [0.05, 0.1) is 12.0 Å². The molecule has 0 saturated carbocycles. The molecular formula is C36H33FN4O6S. The fourth-order valence-electron chi connectivity index (χ4n) is 4.82. The molecule has 1 heterocycles. The molecule has 2 amide bonds. The Bertz CT molecular complexity index is 1910.